The molecule has 0 radical (unpaired) electrons. The van der Waals surface area contributed by atoms with Crippen LogP contribution in [0.25, 0.3) is 11.1 Å². The van der Waals surface area contributed by atoms with Crippen LogP contribution in [-0.2, 0) is 0 Å². The van der Waals surface area contributed by atoms with E-state index in [1.165, 1.54) is 12.1 Å². The van der Waals surface area contributed by atoms with Crippen LogP contribution >= 0.6 is 15.9 Å². The summed E-state index contributed by atoms with van der Waals surface area (Å²) in [5.74, 6) is -0.885. The van der Waals surface area contributed by atoms with Crippen LogP contribution in [0.5, 0.6) is 0 Å². The summed E-state index contributed by atoms with van der Waals surface area (Å²) in [6.07, 6.45) is -2.78. The second kappa shape index (κ2) is 4.29. The van der Waals surface area contributed by atoms with Crippen molar-refractivity contribution in [3.8, 4) is 0 Å². The molecule has 2 aromatic rings. The van der Waals surface area contributed by atoms with E-state index in [1.54, 1.807) is 6.07 Å². The number of halogens is 3. The van der Waals surface area contributed by atoms with Gasteiger partial charge in [0.25, 0.3) is 5.89 Å². The Kier molecular flexibility index (Phi) is 3.00. The van der Waals surface area contributed by atoms with Crippen molar-refractivity contribution in [2.75, 3.05) is 5.33 Å². The summed E-state index contributed by atoms with van der Waals surface area (Å²) in [6.45, 7) is 0. The lowest BCUT2D eigenvalue weighted by Gasteiger charge is -1.95. The predicted octanol–water partition coefficient (Wildman–Crippen LogP) is 3.34. The third kappa shape index (κ3) is 1.84. The molecule has 1 aromatic carbocycles. The van der Waals surface area contributed by atoms with Crippen LogP contribution in [0.1, 0.15) is 22.7 Å². The molecule has 2 rings (SSSR count). The van der Waals surface area contributed by atoms with Crippen LogP contribution in [0.4, 0.5) is 8.78 Å². The number of hydrogen-bond donors (Lipinski definition) is 0. The molecule has 0 aliphatic carbocycles. The van der Waals surface area contributed by atoms with E-state index in [4.69, 9.17) is 4.42 Å². The highest BCUT2D eigenvalue weighted by molar-refractivity contribution is 9.09. The van der Waals surface area contributed by atoms with E-state index in [-0.39, 0.29) is 27.8 Å². The van der Waals surface area contributed by atoms with Crippen LogP contribution < -0.4 is 0 Å². The van der Waals surface area contributed by atoms with E-state index >= 15 is 0 Å². The first-order valence-corrected chi connectivity index (χ1v) is 5.52. The fourth-order valence-electron chi connectivity index (χ4n) is 1.36. The second-order valence-corrected chi connectivity index (χ2v) is 3.62. The van der Waals surface area contributed by atoms with Crippen molar-refractivity contribution in [2.45, 2.75) is 6.43 Å². The molecule has 3 nitrogen and oxygen atoms in total. The number of ketones is 1. The van der Waals surface area contributed by atoms with E-state index < -0.39 is 12.3 Å². The lowest BCUT2D eigenvalue weighted by Crippen LogP contribution is -2.00. The first kappa shape index (κ1) is 11.2. The van der Waals surface area contributed by atoms with Gasteiger partial charge in [-0.25, -0.2) is 4.98 Å². The Morgan fingerprint density at radius 1 is 1.50 bits per heavy atom. The van der Waals surface area contributed by atoms with Crippen LogP contribution in [0, 0.1) is 0 Å². The minimum absolute atomic E-state index is 0.114. The zero-order valence-corrected chi connectivity index (χ0v) is 9.50. The standard InChI is InChI=1S/C10H6BrF2NO2/c11-4-6(15)5-2-1-3-7-8(5)14-10(16-7)9(12)13/h1-3,9H,4H2. The molecule has 0 fully saturated rings. The molecule has 1 heterocycles. The van der Waals surface area contributed by atoms with Gasteiger partial charge >= 0.3 is 6.43 Å². The van der Waals surface area contributed by atoms with E-state index in [2.05, 4.69) is 20.9 Å². The van der Waals surface area contributed by atoms with Crippen molar-refractivity contribution in [3.63, 3.8) is 0 Å². The van der Waals surface area contributed by atoms with Crippen molar-refractivity contribution in [1.82, 2.24) is 4.98 Å². The number of para-hydroxylation sites is 1. The summed E-state index contributed by atoms with van der Waals surface area (Å²) >= 11 is 3.02. The minimum Gasteiger partial charge on any atom is -0.435 e. The Bertz CT molecular complexity index is 539. The first-order chi connectivity index (χ1) is 7.63. The average molecular weight is 290 g/mol. The maximum atomic E-state index is 12.4. The minimum atomic E-state index is -2.78. The van der Waals surface area contributed by atoms with E-state index in [0.29, 0.717) is 0 Å². The van der Waals surface area contributed by atoms with Gasteiger partial charge in [-0.05, 0) is 12.1 Å². The maximum Gasteiger partial charge on any atom is 0.313 e. The Morgan fingerprint density at radius 3 is 2.88 bits per heavy atom. The number of hydrogen-bond acceptors (Lipinski definition) is 3. The summed E-state index contributed by atoms with van der Waals surface area (Å²) < 4.78 is 29.6. The third-order valence-corrected chi connectivity index (χ3v) is 2.55. The molecule has 0 bridgehead atoms. The predicted molar refractivity (Wildman–Crippen MR) is 57.1 cm³/mol. The van der Waals surface area contributed by atoms with Gasteiger partial charge in [0, 0.05) is 5.56 Å². The number of rotatable bonds is 3. The van der Waals surface area contributed by atoms with Crippen LogP contribution in [0.15, 0.2) is 22.6 Å². The molecule has 84 valence electrons. The number of nitrogens with zero attached hydrogens (tertiary/aromatic N) is 1. The topological polar surface area (TPSA) is 43.1 Å². The maximum absolute atomic E-state index is 12.4. The Balaban J connectivity index is 2.63. The van der Waals surface area contributed by atoms with Gasteiger partial charge < -0.3 is 4.42 Å². The molecule has 16 heavy (non-hydrogen) atoms. The summed E-state index contributed by atoms with van der Waals surface area (Å²) in [6, 6.07) is 4.60. The molecule has 0 spiro atoms. The molecule has 0 atom stereocenters. The highest BCUT2D eigenvalue weighted by Crippen LogP contribution is 2.25. The second-order valence-electron chi connectivity index (χ2n) is 3.06. The monoisotopic (exact) mass is 289 g/mol. The molecule has 6 heteroatoms. The van der Waals surface area contributed by atoms with E-state index in [9.17, 15) is 13.6 Å². The van der Waals surface area contributed by atoms with Crippen molar-refractivity contribution in [1.29, 1.82) is 0 Å². The number of alkyl halides is 3. The molecular weight excluding hydrogens is 284 g/mol. The summed E-state index contributed by atoms with van der Waals surface area (Å²) in [5, 5.41) is 0.114. The van der Waals surface area contributed by atoms with Gasteiger partial charge in [-0.15, -0.1) is 0 Å². The van der Waals surface area contributed by atoms with Crippen molar-refractivity contribution < 1.29 is 18.0 Å². The Hall–Kier alpha value is -1.30. The largest absolute Gasteiger partial charge is 0.435 e. The molecule has 0 saturated carbocycles. The molecule has 0 aliphatic heterocycles. The number of carbonyl (C=O) groups is 1. The number of carbonyl (C=O) groups excluding carboxylic acids is 1. The van der Waals surface area contributed by atoms with Crippen LogP contribution in [0.2, 0.25) is 0 Å². The Labute approximate surface area is 97.6 Å². The average Bonchev–Trinajstić information content (AvgIpc) is 2.71. The number of oxazole rings is 1. The zero-order valence-electron chi connectivity index (χ0n) is 7.91. The van der Waals surface area contributed by atoms with Gasteiger partial charge in [0.1, 0.15) is 5.52 Å². The van der Waals surface area contributed by atoms with Crippen molar-refractivity contribution in [2.24, 2.45) is 0 Å². The fourth-order valence-corrected chi connectivity index (χ4v) is 1.66. The number of aromatic nitrogens is 1. The summed E-state index contributed by atoms with van der Waals surface area (Å²) in [7, 11) is 0. The Morgan fingerprint density at radius 2 is 2.25 bits per heavy atom. The van der Waals surface area contributed by atoms with Gasteiger partial charge in [-0.3, -0.25) is 4.79 Å². The van der Waals surface area contributed by atoms with Crippen LogP contribution in [-0.4, -0.2) is 16.1 Å². The third-order valence-electron chi connectivity index (χ3n) is 2.04. The lowest BCUT2D eigenvalue weighted by molar-refractivity contribution is 0.102. The van der Waals surface area contributed by atoms with Crippen LogP contribution in [0.3, 0.4) is 0 Å². The van der Waals surface area contributed by atoms with Crippen molar-refractivity contribution in [3.05, 3.63) is 29.7 Å². The molecule has 1 aromatic heterocycles. The molecule has 0 unspecified atom stereocenters. The first-order valence-electron chi connectivity index (χ1n) is 4.40. The molecule has 0 amide bonds. The zero-order chi connectivity index (χ0) is 11.7. The smallest absolute Gasteiger partial charge is 0.313 e. The van der Waals surface area contributed by atoms with Crippen molar-refractivity contribution >= 4 is 32.8 Å². The summed E-state index contributed by atoms with van der Waals surface area (Å²) in [4.78, 5) is 15.1. The molecular formula is C10H6BrF2NO2. The van der Waals surface area contributed by atoms with Gasteiger partial charge in [-0.1, -0.05) is 22.0 Å². The molecule has 0 N–H and O–H groups in total. The number of fused-ring (bicyclic) bond motifs is 1. The SMILES string of the molecule is O=C(CBr)c1cccc2oc(C(F)F)nc12. The van der Waals surface area contributed by atoms with E-state index in [0.717, 1.165) is 0 Å². The highest BCUT2D eigenvalue weighted by Gasteiger charge is 2.19. The van der Waals surface area contributed by atoms with Gasteiger partial charge in [0.05, 0.1) is 5.33 Å². The lowest BCUT2D eigenvalue weighted by atomic mass is 10.1. The van der Waals surface area contributed by atoms with Gasteiger partial charge in [0.2, 0.25) is 0 Å². The fraction of sp³-hybridized carbons (Fsp3) is 0.200. The molecule has 0 saturated heterocycles. The van der Waals surface area contributed by atoms with E-state index in [1.807, 2.05) is 0 Å². The normalized spacial score (nSPS) is 11.2. The van der Waals surface area contributed by atoms with Gasteiger partial charge in [-0.2, -0.15) is 8.78 Å². The highest BCUT2D eigenvalue weighted by atomic mass is 79.9. The van der Waals surface area contributed by atoms with Gasteiger partial charge in [0.15, 0.2) is 11.4 Å². The quantitative estimate of drug-likeness (QED) is 0.643. The molecule has 0 aliphatic rings. The summed E-state index contributed by atoms with van der Waals surface area (Å²) in [5.41, 5.74) is 0.661. The number of Topliss-reactive ketones (excluding diaryl/α,β-unsaturated/α-hetero) is 1. The number of benzene rings is 1.